The smallest absolute Gasteiger partial charge is 0.342 e. The van der Waals surface area contributed by atoms with Crippen molar-refractivity contribution in [1.82, 2.24) is 10.5 Å². The number of para-hydroxylation sites is 1. The lowest BCUT2D eigenvalue weighted by atomic mass is 9.96. The van der Waals surface area contributed by atoms with E-state index in [1.54, 1.807) is 31.2 Å². The number of aromatic nitrogens is 1. The van der Waals surface area contributed by atoms with Crippen molar-refractivity contribution in [1.29, 1.82) is 0 Å². The molecule has 32 heavy (non-hydrogen) atoms. The van der Waals surface area contributed by atoms with Gasteiger partial charge in [-0.3, -0.25) is 4.79 Å². The first-order chi connectivity index (χ1) is 15.5. The molecule has 1 aromatic heterocycles. The zero-order chi connectivity index (χ0) is 22.6. The van der Waals surface area contributed by atoms with Crippen molar-refractivity contribution in [2.24, 2.45) is 0 Å². The molecule has 1 aliphatic carbocycles. The molecular weight excluding hydrogens is 408 g/mol. The molecule has 0 spiro atoms. The lowest BCUT2D eigenvalue weighted by molar-refractivity contribution is -0.124. The van der Waals surface area contributed by atoms with E-state index < -0.39 is 5.97 Å². The number of carbonyl (C=O) groups excluding carboxylic acids is 2. The highest BCUT2D eigenvalue weighted by molar-refractivity contribution is 5.94. The van der Waals surface area contributed by atoms with E-state index in [0.29, 0.717) is 18.1 Å². The van der Waals surface area contributed by atoms with Gasteiger partial charge in [-0.1, -0.05) is 47.6 Å². The van der Waals surface area contributed by atoms with Crippen LogP contribution < -0.4 is 10.1 Å². The van der Waals surface area contributed by atoms with Gasteiger partial charge in [0.25, 0.3) is 5.91 Å². The van der Waals surface area contributed by atoms with Crippen LogP contribution in [-0.2, 0) is 21.6 Å². The van der Waals surface area contributed by atoms with Crippen LogP contribution in [-0.4, -0.2) is 30.2 Å². The lowest BCUT2D eigenvalue weighted by Crippen LogP contribution is -2.35. The second-order valence-corrected chi connectivity index (χ2v) is 8.09. The van der Waals surface area contributed by atoms with Crippen LogP contribution in [0.5, 0.6) is 5.75 Å². The fourth-order valence-electron chi connectivity index (χ4n) is 3.66. The van der Waals surface area contributed by atoms with Crippen LogP contribution in [0.4, 0.5) is 0 Å². The SMILES string of the molecule is Cc1noc(C)c1COc1ccccc1C(=O)OCC(=O)NCC1(c2ccccc2)CC1. The highest BCUT2D eigenvalue weighted by Gasteiger charge is 2.44. The summed E-state index contributed by atoms with van der Waals surface area (Å²) in [6, 6.07) is 16.9. The van der Waals surface area contributed by atoms with Crippen LogP contribution in [0.3, 0.4) is 0 Å². The molecule has 0 saturated heterocycles. The molecular formula is C25H26N2O5. The molecule has 0 unspecified atom stereocenters. The summed E-state index contributed by atoms with van der Waals surface area (Å²) in [5.74, 6) is 0.107. The monoisotopic (exact) mass is 434 g/mol. The Hall–Kier alpha value is -3.61. The predicted octanol–water partition coefficient (Wildman–Crippen LogP) is 3.88. The number of amides is 1. The molecule has 0 radical (unpaired) electrons. The van der Waals surface area contributed by atoms with Gasteiger partial charge in [0.2, 0.25) is 0 Å². The molecule has 7 heteroatoms. The Morgan fingerprint density at radius 1 is 1.06 bits per heavy atom. The minimum atomic E-state index is -0.612. The van der Waals surface area contributed by atoms with Crippen LogP contribution in [0, 0.1) is 13.8 Å². The predicted molar refractivity (Wildman–Crippen MR) is 117 cm³/mol. The van der Waals surface area contributed by atoms with E-state index in [1.807, 2.05) is 25.1 Å². The van der Waals surface area contributed by atoms with Gasteiger partial charge in [0, 0.05) is 12.0 Å². The van der Waals surface area contributed by atoms with Crippen LogP contribution in [0.2, 0.25) is 0 Å². The number of nitrogens with one attached hydrogen (secondary N) is 1. The number of hydrogen-bond acceptors (Lipinski definition) is 6. The molecule has 0 bridgehead atoms. The van der Waals surface area contributed by atoms with Crippen molar-refractivity contribution >= 4 is 11.9 Å². The normalized spacial score (nSPS) is 13.9. The van der Waals surface area contributed by atoms with Crippen LogP contribution in [0.25, 0.3) is 0 Å². The maximum absolute atomic E-state index is 12.6. The van der Waals surface area contributed by atoms with Gasteiger partial charge in [-0.05, 0) is 44.4 Å². The Morgan fingerprint density at radius 2 is 1.78 bits per heavy atom. The Balaban J connectivity index is 1.30. The van der Waals surface area contributed by atoms with E-state index in [-0.39, 0.29) is 30.1 Å². The average molecular weight is 434 g/mol. The topological polar surface area (TPSA) is 90.7 Å². The van der Waals surface area contributed by atoms with Crippen LogP contribution >= 0.6 is 0 Å². The quantitative estimate of drug-likeness (QED) is 0.514. The summed E-state index contributed by atoms with van der Waals surface area (Å²) in [7, 11) is 0. The number of benzene rings is 2. The Kier molecular flexibility index (Phi) is 6.25. The maximum atomic E-state index is 12.6. The second-order valence-electron chi connectivity index (χ2n) is 8.09. The summed E-state index contributed by atoms with van der Waals surface area (Å²) < 4.78 is 16.2. The fourth-order valence-corrected chi connectivity index (χ4v) is 3.66. The summed E-state index contributed by atoms with van der Waals surface area (Å²) in [6.07, 6.45) is 2.07. The molecule has 2 aromatic carbocycles. The van der Waals surface area contributed by atoms with Gasteiger partial charge >= 0.3 is 5.97 Å². The zero-order valence-electron chi connectivity index (χ0n) is 18.2. The van der Waals surface area contributed by atoms with Crippen molar-refractivity contribution in [2.45, 2.75) is 38.7 Å². The van der Waals surface area contributed by atoms with Gasteiger partial charge in [0.1, 0.15) is 23.7 Å². The van der Waals surface area contributed by atoms with Crippen molar-refractivity contribution in [3.63, 3.8) is 0 Å². The van der Waals surface area contributed by atoms with E-state index in [2.05, 4.69) is 22.6 Å². The third-order valence-corrected chi connectivity index (χ3v) is 5.86. The van der Waals surface area contributed by atoms with Gasteiger partial charge in [0.05, 0.1) is 11.3 Å². The molecule has 7 nitrogen and oxygen atoms in total. The van der Waals surface area contributed by atoms with E-state index in [9.17, 15) is 9.59 Å². The average Bonchev–Trinajstić information content (AvgIpc) is 3.55. The van der Waals surface area contributed by atoms with Gasteiger partial charge in [-0.25, -0.2) is 4.79 Å². The third-order valence-electron chi connectivity index (χ3n) is 5.86. The minimum Gasteiger partial charge on any atom is -0.488 e. The molecule has 1 fully saturated rings. The number of rotatable bonds is 9. The van der Waals surface area contributed by atoms with Gasteiger partial charge < -0.3 is 19.3 Å². The summed E-state index contributed by atoms with van der Waals surface area (Å²) in [4.78, 5) is 24.9. The van der Waals surface area contributed by atoms with Crippen LogP contribution in [0.1, 0.15) is 45.8 Å². The first-order valence-electron chi connectivity index (χ1n) is 10.6. The summed E-state index contributed by atoms with van der Waals surface area (Å²) in [5, 5.41) is 6.80. The third kappa shape index (κ3) is 4.82. The molecule has 3 aromatic rings. The van der Waals surface area contributed by atoms with Crippen molar-refractivity contribution in [3.05, 3.63) is 82.7 Å². The van der Waals surface area contributed by atoms with Gasteiger partial charge in [-0.15, -0.1) is 0 Å². The summed E-state index contributed by atoms with van der Waals surface area (Å²) in [6.45, 7) is 4.04. The number of esters is 1. The highest BCUT2D eigenvalue weighted by atomic mass is 16.5. The van der Waals surface area contributed by atoms with Gasteiger partial charge in [-0.2, -0.15) is 0 Å². The lowest BCUT2D eigenvalue weighted by Gasteiger charge is -2.16. The molecule has 1 saturated carbocycles. The van der Waals surface area contributed by atoms with E-state index in [4.69, 9.17) is 14.0 Å². The summed E-state index contributed by atoms with van der Waals surface area (Å²) in [5.41, 5.74) is 3.05. The standard InChI is InChI=1S/C25H26N2O5/c1-17-21(18(2)32-27-17)14-30-22-11-7-6-10-20(22)24(29)31-15-23(28)26-16-25(12-13-25)19-8-4-3-5-9-19/h3-11H,12-16H2,1-2H3,(H,26,28). The van der Waals surface area contributed by atoms with Crippen molar-refractivity contribution in [2.75, 3.05) is 13.2 Å². The molecule has 0 atom stereocenters. The van der Waals surface area contributed by atoms with Crippen molar-refractivity contribution in [3.8, 4) is 5.75 Å². The minimum absolute atomic E-state index is 0.000425. The molecule has 0 aliphatic heterocycles. The van der Waals surface area contributed by atoms with E-state index in [1.165, 1.54) is 5.56 Å². The first kappa shape index (κ1) is 21.6. The number of aryl methyl sites for hydroxylation is 2. The van der Waals surface area contributed by atoms with Crippen molar-refractivity contribution < 1.29 is 23.6 Å². The molecule has 1 aliphatic rings. The number of nitrogens with zero attached hydrogens (tertiary/aromatic N) is 1. The summed E-state index contributed by atoms with van der Waals surface area (Å²) >= 11 is 0. The van der Waals surface area contributed by atoms with Crippen LogP contribution in [0.15, 0.2) is 59.1 Å². The molecule has 166 valence electrons. The number of carbonyl (C=O) groups is 2. The molecule has 4 rings (SSSR count). The molecule has 1 heterocycles. The highest BCUT2D eigenvalue weighted by Crippen LogP contribution is 2.47. The maximum Gasteiger partial charge on any atom is 0.342 e. The second kappa shape index (κ2) is 9.26. The van der Waals surface area contributed by atoms with E-state index >= 15 is 0 Å². The Morgan fingerprint density at radius 3 is 2.47 bits per heavy atom. The van der Waals surface area contributed by atoms with Gasteiger partial charge in [0.15, 0.2) is 6.61 Å². The molecule has 1 amide bonds. The number of hydrogen-bond donors (Lipinski definition) is 1. The Labute approximate surface area is 186 Å². The largest absolute Gasteiger partial charge is 0.488 e. The fraction of sp³-hybridized carbons (Fsp3) is 0.320. The first-order valence-corrected chi connectivity index (χ1v) is 10.6. The molecule has 1 N–H and O–H groups in total. The van der Waals surface area contributed by atoms with E-state index in [0.717, 1.165) is 24.1 Å². The zero-order valence-corrected chi connectivity index (χ0v) is 18.2. The Bertz CT molecular complexity index is 1080. The number of ether oxygens (including phenoxy) is 2.